The number of furan rings is 1. The lowest BCUT2D eigenvalue weighted by molar-refractivity contribution is -0.132. The van der Waals surface area contributed by atoms with Crippen molar-refractivity contribution in [3.8, 4) is 0 Å². The number of benzene rings is 1. The lowest BCUT2D eigenvalue weighted by atomic mass is 10.1. The van der Waals surface area contributed by atoms with Crippen molar-refractivity contribution in [2.24, 2.45) is 0 Å². The molecule has 2 aromatic rings. The Morgan fingerprint density at radius 1 is 1.16 bits per heavy atom. The van der Waals surface area contributed by atoms with Crippen molar-refractivity contribution in [3.63, 3.8) is 0 Å². The van der Waals surface area contributed by atoms with E-state index >= 15 is 0 Å². The SMILES string of the molecule is O=C(Cc1ccccc1)NOCCCc1ccco1. The van der Waals surface area contributed by atoms with Crippen LogP contribution in [0.25, 0.3) is 0 Å². The minimum Gasteiger partial charge on any atom is -0.469 e. The second-order valence-electron chi connectivity index (χ2n) is 4.22. The maximum atomic E-state index is 11.5. The largest absolute Gasteiger partial charge is 0.469 e. The summed E-state index contributed by atoms with van der Waals surface area (Å²) in [6.45, 7) is 0.473. The average Bonchev–Trinajstić information content (AvgIpc) is 2.92. The lowest BCUT2D eigenvalue weighted by Crippen LogP contribution is -2.25. The summed E-state index contributed by atoms with van der Waals surface area (Å²) in [6.07, 6.45) is 3.59. The van der Waals surface area contributed by atoms with Crippen molar-refractivity contribution in [2.45, 2.75) is 19.3 Å². The summed E-state index contributed by atoms with van der Waals surface area (Å²) in [6, 6.07) is 13.4. The Labute approximate surface area is 112 Å². The fourth-order valence-corrected chi connectivity index (χ4v) is 1.72. The summed E-state index contributed by atoms with van der Waals surface area (Å²) in [7, 11) is 0. The van der Waals surface area contributed by atoms with Crippen molar-refractivity contribution in [1.82, 2.24) is 5.48 Å². The summed E-state index contributed by atoms with van der Waals surface area (Å²) >= 11 is 0. The van der Waals surface area contributed by atoms with Crippen molar-refractivity contribution >= 4 is 5.91 Å². The third kappa shape index (κ3) is 4.97. The number of rotatable bonds is 7. The molecule has 4 heteroatoms. The molecule has 1 aromatic heterocycles. The second kappa shape index (κ2) is 7.38. The van der Waals surface area contributed by atoms with Gasteiger partial charge in [0.1, 0.15) is 5.76 Å². The molecule has 0 saturated heterocycles. The van der Waals surface area contributed by atoms with Crippen LogP contribution in [0.4, 0.5) is 0 Å². The van der Waals surface area contributed by atoms with Crippen LogP contribution < -0.4 is 5.48 Å². The normalized spacial score (nSPS) is 10.3. The Hall–Kier alpha value is -2.07. The molecule has 1 aromatic carbocycles. The van der Waals surface area contributed by atoms with Gasteiger partial charge in [-0.1, -0.05) is 30.3 Å². The second-order valence-corrected chi connectivity index (χ2v) is 4.22. The molecule has 100 valence electrons. The Bertz CT molecular complexity index is 479. The smallest absolute Gasteiger partial charge is 0.247 e. The zero-order chi connectivity index (χ0) is 13.3. The van der Waals surface area contributed by atoms with Gasteiger partial charge in [0.2, 0.25) is 5.91 Å². The van der Waals surface area contributed by atoms with Crippen molar-refractivity contribution in [1.29, 1.82) is 0 Å². The molecule has 0 spiro atoms. The zero-order valence-corrected chi connectivity index (χ0v) is 10.7. The number of nitrogens with one attached hydrogen (secondary N) is 1. The highest BCUT2D eigenvalue weighted by atomic mass is 16.6. The predicted molar refractivity (Wildman–Crippen MR) is 71.3 cm³/mol. The highest BCUT2D eigenvalue weighted by Gasteiger charge is 2.02. The molecule has 1 heterocycles. The lowest BCUT2D eigenvalue weighted by Gasteiger charge is -2.05. The molecule has 0 fully saturated rings. The predicted octanol–water partition coefficient (Wildman–Crippen LogP) is 2.50. The summed E-state index contributed by atoms with van der Waals surface area (Å²) in [5.74, 6) is 0.795. The average molecular weight is 259 g/mol. The van der Waals surface area contributed by atoms with Gasteiger partial charge in [-0.2, -0.15) is 0 Å². The fraction of sp³-hybridized carbons (Fsp3) is 0.267. The Morgan fingerprint density at radius 2 is 2.00 bits per heavy atom. The van der Waals surface area contributed by atoms with E-state index in [1.807, 2.05) is 42.5 Å². The number of carbonyl (C=O) groups is 1. The number of amides is 1. The molecule has 0 radical (unpaired) electrons. The van der Waals surface area contributed by atoms with Gasteiger partial charge < -0.3 is 4.42 Å². The first-order chi connectivity index (χ1) is 9.34. The third-order valence-corrected chi connectivity index (χ3v) is 2.64. The maximum absolute atomic E-state index is 11.5. The quantitative estimate of drug-likeness (QED) is 0.614. The van der Waals surface area contributed by atoms with E-state index in [0.717, 1.165) is 24.2 Å². The van der Waals surface area contributed by atoms with Crippen molar-refractivity contribution in [2.75, 3.05) is 6.61 Å². The molecule has 0 atom stereocenters. The van der Waals surface area contributed by atoms with Gasteiger partial charge in [-0.05, 0) is 24.1 Å². The molecule has 0 saturated carbocycles. The van der Waals surface area contributed by atoms with E-state index < -0.39 is 0 Å². The summed E-state index contributed by atoms with van der Waals surface area (Å²) in [5, 5.41) is 0. The number of carbonyl (C=O) groups excluding carboxylic acids is 1. The van der Waals surface area contributed by atoms with Crippen LogP contribution in [-0.2, 0) is 22.5 Å². The van der Waals surface area contributed by atoms with E-state index in [0.29, 0.717) is 13.0 Å². The minimum atomic E-state index is -0.135. The van der Waals surface area contributed by atoms with E-state index in [4.69, 9.17) is 9.25 Å². The molecule has 0 unspecified atom stereocenters. The zero-order valence-electron chi connectivity index (χ0n) is 10.7. The van der Waals surface area contributed by atoms with Crippen LogP contribution in [0.3, 0.4) is 0 Å². The Balaban J connectivity index is 1.57. The van der Waals surface area contributed by atoms with Gasteiger partial charge in [-0.15, -0.1) is 0 Å². The fourth-order valence-electron chi connectivity index (χ4n) is 1.72. The standard InChI is InChI=1S/C15H17NO3/c17-15(12-13-6-2-1-3-7-13)16-19-11-5-9-14-8-4-10-18-14/h1-4,6-8,10H,5,9,11-12H2,(H,16,17). The van der Waals surface area contributed by atoms with E-state index in [1.165, 1.54) is 0 Å². The number of hydrogen-bond donors (Lipinski definition) is 1. The Morgan fingerprint density at radius 3 is 2.74 bits per heavy atom. The van der Waals surface area contributed by atoms with E-state index in [2.05, 4.69) is 5.48 Å². The summed E-state index contributed by atoms with van der Waals surface area (Å²) in [5.41, 5.74) is 3.41. The first-order valence-corrected chi connectivity index (χ1v) is 6.31. The molecule has 0 aliphatic carbocycles. The summed E-state index contributed by atoms with van der Waals surface area (Å²) < 4.78 is 5.20. The minimum absolute atomic E-state index is 0.135. The number of hydrogen-bond acceptors (Lipinski definition) is 3. The van der Waals surface area contributed by atoms with Crippen LogP contribution >= 0.6 is 0 Å². The molecular formula is C15H17NO3. The first kappa shape index (κ1) is 13.4. The van der Waals surface area contributed by atoms with Crippen LogP contribution in [0, 0.1) is 0 Å². The molecular weight excluding hydrogens is 242 g/mol. The molecule has 1 N–H and O–H groups in total. The highest BCUT2D eigenvalue weighted by Crippen LogP contribution is 2.03. The maximum Gasteiger partial charge on any atom is 0.247 e. The topological polar surface area (TPSA) is 51.5 Å². The van der Waals surface area contributed by atoms with E-state index in [1.54, 1.807) is 6.26 Å². The van der Waals surface area contributed by atoms with Crippen LogP contribution in [0.5, 0.6) is 0 Å². The van der Waals surface area contributed by atoms with Gasteiger partial charge in [0.15, 0.2) is 0 Å². The number of hydroxylamine groups is 1. The molecule has 1 amide bonds. The molecule has 0 aliphatic rings. The molecule has 0 bridgehead atoms. The van der Waals surface area contributed by atoms with Crippen LogP contribution in [0.2, 0.25) is 0 Å². The molecule has 4 nitrogen and oxygen atoms in total. The van der Waals surface area contributed by atoms with Crippen molar-refractivity contribution < 1.29 is 14.0 Å². The van der Waals surface area contributed by atoms with Crippen LogP contribution in [0.1, 0.15) is 17.7 Å². The highest BCUT2D eigenvalue weighted by molar-refractivity contribution is 5.77. The molecule has 2 rings (SSSR count). The van der Waals surface area contributed by atoms with E-state index in [9.17, 15) is 4.79 Å². The van der Waals surface area contributed by atoms with Crippen molar-refractivity contribution in [3.05, 3.63) is 60.1 Å². The Kier molecular flexibility index (Phi) is 5.19. The van der Waals surface area contributed by atoms with Crippen LogP contribution in [0.15, 0.2) is 53.1 Å². The van der Waals surface area contributed by atoms with Crippen LogP contribution in [-0.4, -0.2) is 12.5 Å². The number of aryl methyl sites for hydroxylation is 1. The van der Waals surface area contributed by atoms with Gasteiger partial charge in [-0.25, -0.2) is 5.48 Å². The monoisotopic (exact) mass is 259 g/mol. The molecule has 0 aliphatic heterocycles. The van der Waals surface area contributed by atoms with Gasteiger partial charge in [0, 0.05) is 6.42 Å². The van der Waals surface area contributed by atoms with E-state index in [-0.39, 0.29) is 5.91 Å². The third-order valence-electron chi connectivity index (χ3n) is 2.64. The van der Waals surface area contributed by atoms with Gasteiger partial charge in [-0.3, -0.25) is 9.63 Å². The first-order valence-electron chi connectivity index (χ1n) is 6.31. The van der Waals surface area contributed by atoms with Gasteiger partial charge in [0.25, 0.3) is 0 Å². The van der Waals surface area contributed by atoms with Gasteiger partial charge in [0.05, 0.1) is 19.3 Å². The molecule has 19 heavy (non-hydrogen) atoms. The van der Waals surface area contributed by atoms with Gasteiger partial charge >= 0.3 is 0 Å². The summed E-state index contributed by atoms with van der Waals surface area (Å²) in [4.78, 5) is 16.7.